The second-order valence-electron chi connectivity index (χ2n) is 5.79. The molecule has 6 heteroatoms. The summed E-state index contributed by atoms with van der Waals surface area (Å²) in [7, 11) is 0. The maximum Gasteiger partial charge on any atom is 0.271 e. The van der Waals surface area contributed by atoms with Gasteiger partial charge in [0.1, 0.15) is 0 Å². The molecule has 0 unspecified atom stereocenters. The van der Waals surface area contributed by atoms with Crippen molar-refractivity contribution in [3.8, 4) is 0 Å². The summed E-state index contributed by atoms with van der Waals surface area (Å²) in [6.45, 7) is 7.96. The largest absolute Gasteiger partial charge is 0.342 e. The fourth-order valence-corrected chi connectivity index (χ4v) is 2.26. The summed E-state index contributed by atoms with van der Waals surface area (Å²) in [4.78, 5) is 28.1. The SMILES string of the molecule is Cc1cc(C(=O)NNC(=O)C(C)C)c(C)n1Cc1ccccn1. The number of amides is 2. The average Bonchev–Trinajstić information content (AvgIpc) is 2.81. The Morgan fingerprint density at radius 2 is 1.96 bits per heavy atom. The first kappa shape index (κ1) is 16.7. The Morgan fingerprint density at radius 1 is 1.22 bits per heavy atom. The van der Waals surface area contributed by atoms with Crippen LogP contribution >= 0.6 is 0 Å². The fraction of sp³-hybridized carbons (Fsp3) is 0.353. The number of carbonyl (C=O) groups is 2. The number of aromatic nitrogens is 2. The highest BCUT2D eigenvalue weighted by atomic mass is 16.2. The normalized spacial score (nSPS) is 10.7. The number of hydrogen-bond donors (Lipinski definition) is 2. The van der Waals surface area contributed by atoms with Crippen LogP contribution in [0.2, 0.25) is 0 Å². The molecular formula is C17H22N4O2. The molecule has 0 aliphatic heterocycles. The lowest BCUT2D eigenvalue weighted by Crippen LogP contribution is -2.43. The Kier molecular flexibility index (Phi) is 5.16. The zero-order valence-electron chi connectivity index (χ0n) is 13.9. The van der Waals surface area contributed by atoms with E-state index in [1.165, 1.54) is 0 Å². The molecule has 0 atom stereocenters. The van der Waals surface area contributed by atoms with Crippen molar-refractivity contribution in [3.63, 3.8) is 0 Å². The highest BCUT2D eigenvalue weighted by Crippen LogP contribution is 2.16. The van der Waals surface area contributed by atoms with Crippen LogP contribution in [0.15, 0.2) is 30.5 Å². The van der Waals surface area contributed by atoms with Gasteiger partial charge in [0, 0.05) is 23.5 Å². The number of pyridine rings is 1. The Labute approximate surface area is 135 Å². The number of rotatable bonds is 4. The molecule has 0 aromatic carbocycles. The second-order valence-corrected chi connectivity index (χ2v) is 5.79. The molecule has 0 radical (unpaired) electrons. The third-order valence-electron chi connectivity index (χ3n) is 3.69. The zero-order chi connectivity index (χ0) is 17.0. The van der Waals surface area contributed by atoms with Crippen molar-refractivity contribution < 1.29 is 9.59 Å². The molecule has 2 amide bonds. The van der Waals surface area contributed by atoms with Gasteiger partial charge < -0.3 is 4.57 Å². The van der Waals surface area contributed by atoms with Crippen molar-refractivity contribution in [1.82, 2.24) is 20.4 Å². The Morgan fingerprint density at radius 3 is 2.57 bits per heavy atom. The van der Waals surface area contributed by atoms with Gasteiger partial charge in [-0.2, -0.15) is 0 Å². The van der Waals surface area contributed by atoms with Gasteiger partial charge in [-0.3, -0.25) is 25.4 Å². The van der Waals surface area contributed by atoms with E-state index in [0.717, 1.165) is 17.1 Å². The first-order valence-corrected chi connectivity index (χ1v) is 7.57. The van der Waals surface area contributed by atoms with Gasteiger partial charge in [0.25, 0.3) is 5.91 Å². The molecule has 0 aliphatic carbocycles. The van der Waals surface area contributed by atoms with E-state index in [-0.39, 0.29) is 17.7 Å². The number of nitrogens with zero attached hydrogens (tertiary/aromatic N) is 2. The second kappa shape index (κ2) is 7.09. The van der Waals surface area contributed by atoms with Crippen LogP contribution in [0.25, 0.3) is 0 Å². The molecular weight excluding hydrogens is 292 g/mol. The van der Waals surface area contributed by atoms with Crippen LogP contribution in [0.3, 0.4) is 0 Å². The van der Waals surface area contributed by atoms with Crippen LogP contribution < -0.4 is 10.9 Å². The van der Waals surface area contributed by atoms with Crippen LogP contribution in [-0.2, 0) is 11.3 Å². The smallest absolute Gasteiger partial charge is 0.271 e. The summed E-state index contributed by atoms with van der Waals surface area (Å²) in [5, 5.41) is 0. The molecule has 122 valence electrons. The predicted molar refractivity (Wildman–Crippen MR) is 87.7 cm³/mol. The summed E-state index contributed by atoms with van der Waals surface area (Å²) in [5.41, 5.74) is 8.16. The van der Waals surface area contributed by atoms with E-state index in [4.69, 9.17) is 0 Å². The molecule has 0 fully saturated rings. The molecule has 2 heterocycles. The molecule has 23 heavy (non-hydrogen) atoms. The van der Waals surface area contributed by atoms with Gasteiger partial charge >= 0.3 is 0 Å². The van der Waals surface area contributed by atoms with Gasteiger partial charge in [-0.05, 0) is 32.0 Å². The van der Waals surface area contributed by atoms with E-state index in [9.17, 15) is 9.59 Å². The van der Waals surface area contributed by atoms with Gasteiger partial charge in [-0.25, -0.2) is 0 Å². The number of hydrazine groups is 1. The standard InChI is InChI=1S/C17H22N4O2/c1-11(2)16(22)19-20-17(23)15-9-12(3)21(13(15)4)10-14-7-5-6-8-18-14/h5-9,11H,10H2,1-4H3,(H,19,22)(H,20,23). The quantitative estimate of drug-likeness (QED) is 0.847. The van der Waals surface area contributed by atoms with Gasteiger partial charge in [-0.1, -0.05) is 19.9 Å². The van der Waals surface area contributed by atoms with E-state index in [0.29, 0.717) is 12.1 Å². The van der Waals surface area contributed by atoms with E-state index >= 15 is 0 Å². The van der Waals surface area contributed by atoms with Gasteiger partial charge in [-0.15, -0.1) is 0 Å². The monoisotopic (exact) mass is 314 g/mol. The zero-order valence-corrected chi connectivity index (χ0v) is 13.9. The minimum absolute atomic E-state index is 0.188. The summed E-state index contributed by atoms with van der Waals surface area (Å²) in [5.74, 6) is -0.730. The van der Waals surface area contributed by atoms with Crippen LogP contribution in [0.5, 0.6) is 0 Å². The van der Waals surface area contributed by atoms with E-state index in [2.05, 4.69) is 15.8 Å². The molecule has 0 spiro atoms. The summed E-state index contributed by atoms with van der Waals surface area (Å²) < 4.78 is 2.03. The van der Waals surface area contributed by atoms with Gasteiger partial charge in [0.2, 0.25) is 5.91 Å². The summed E-state index contributed by atoms with van der Waals surface area (Å²) in [6.07, 6.45) is 1.75. The minimum Gasteiger partial charge on any atom is -0.342 e. The molecule has 0 saturated carbocycles. The molecule has 2 aromatic heterocycles. The molecule has 0 bridgehead atoms. The van der Waals surface area contributed by atoms with Crippen molar-refractivity contribution in [2.24, 2.45) is 5.92 Å². The Balaban J connectivity index is 2.14. The lowest BCUT2D eigenvalue weighted by molar-refractivity contribution is -0.124. The average molecular weight is 314 g/mol. The van der Waals surface area contributed by atoms with Crippen LogP contribution in [0.4, 0.5) is 0 Å². The number of nitrogens with one attached hydrogen (secondary N) is 2. The number of hydrogen-bond acceptors (Lipinski definition) is 3. The molecule has 0 aliphatic rings. The number of carbonyl (C=O) groups excluding carboxylic acids is 2. The Hall–Kier alpha value is -2.63. The molecule has 2 rings (SSSR count). The van der Waals surface area contributed by atoms with Crippen molar-refractivity contribution in [2.75, 3.05) is 0 Å². The minimum atomic E-state index is -0.320. The van der Waals surface area contributed by atoms with E-state index in [1.807, 2.05) is 42.7 Å². The van der Waals surface area contributed by atoms with Crippen molar-refractivity contribution in [3.05, 3.63) is 53.1 Å². The lowest BCUT2D eigenvalue weighted by Gasteiger charge is -2.11. The highest BCUT2D eigenvalue weighted by molar-refractivity contribution is 5.96. The third kappa shape index (κ3) is 3.97. The van der Waals surface area contributed by atoms with E-state index in [1.54, 1.807) is 20.0 Å². The summed E-state index contributed by atoms with van der Waals surface area (Å²) in [6, 6.07) is 7.57. The van der Waals surface area contributed by atoms with E-state index < -0.39 is 0 Å². The summed E-state index contributed by atoms with van der Waals surface area (Å²) >= 11 is 0. The van der Waals surface area contributed by atoms with Crippen LogP contribution in [-0.4, -0.2) is 21.4 Å². The fourth-order valence-electron chi connectivity index (χ4n) is 2.26. The first-order chi connectivity index (χ1) is 10.9. The molecule has 6 nitrogen and oxygen atoms in total. The predicted octanol–water partition coefficient (Wildman–Crippen LogP) is 1.97. The maximum absolute atomic E-state index is 12.3. The van der Waals surface area contributed by atoms with Crippen molar-refractivity contribution >= 4 is 11.8 Å². The van der Waals surface area contributed by atoms with Crippen LogP contribution in [0.1, 0.15) is 41.3 Å². The molecule has 2 aromatic rings. The lowest BCUT2D eigenvalue weighted by atomic mass is 10.2. The van der Waals surface area contributed by atoms with Gasteiger partial charge in [0.15, 0.2) is 0 Å². The maximum atomic E-state index is 12.3. The van der Waals surface area contributed by atoms with Gasteiger partial charge in [0.05, 0.1) is 17.8 Å². The molecule has 0 saturated heterocycles. The topological polar surface area (TPSA) is 76.0 Å². The third-order valence-corrected chi connectivity index (χ3v) is 3.69. The van der Waals surface area contributed by atoms with Crippen molar-refractivity contribution in [1.29, 1.82) is 0 Å². The molecule has 2 N–H and O–H groups in total. The number of aryl methyl sites for hydroxylation is 1. The first-order valence-electron chi connectivity index (χ1n) is 7.57. The van der Waals surface area contributed by atoms with Crippen LogP contribution in [0, 0.1) is 19.8 Å². The van der Waals surface area contributed by atoms with Crippen molar-refractivity contribution in [2.45, 2.75) is 34.2 Å². The Bertz CT molecular complexity index is 705. The highest BCUT2D eigenvalue weighted by Gasteiger charge is 2.17.